The number of amides is 1. The molecular formula is C10H18Cl2N4O3. The standard InChI is InChI=1S/C10H18Cl2N4O3/c1-10(2,3)19-9(17)15-14-8(13-6-5-11)7(12)16-18-4/h5-7,16H,1-4H3,(H,13,14)(H,15,17)/b6-5-/t7-/m1/s1. The SMILES string of the molecule is CON[C@@H](Cl)/C(=N\C=C/Cl)NNC(=O)OC(C)(C)C. The van der Waals surface area contributed by atoms with E-state index >= 15 is 0 Å². The molecule has 0 bridgehead atoms. The van der Waals surface area contributed by atoms with Crippen LogP contribution in [-0.4, -0.2) is 30.1 Å². The Labute approximate surface area is 122 Å². The molecule has 0 aromatic carbocycles. The third-order valence-corrected chi connectivity index (χ3v) is 1.83. The van der Waals surface area contributed by atoms with Crippen molar-refractivity contribution < 1.29 is 14.4 Å². The normalized spacial score (nSPS) is 14.3. The van der Waals surface area contributed by atoms with Crippen LogP contribution in [-0.2, 0) is 9.57 Å². The van der Waals surface area contributed by atoms with Crippen LogP contribution in [0.5, 0.6) is 0 Å². The summed E-state index contributed by atoms with van der Waals surface area (Å²) in [4.78, 5) is 20.0. The number of carbonyl (C=O) groups excluding carboxylic acids is 1. The van der Waals surface area contributed by atoms with Crippen molar-refractivity contribution in [2.45, 2.75) is 31.9 Å². The fraction of sp³-hybridized carbons (Fsp3) is 0.600. The van der Waals surface area contributed by atoms with Gasteiger partial charge in [-0.3, -0.25) is 5.43 Å². The van der Waals surface area contributed by atoms with E-state index in [1.165, 1.54) is 18.8 Å². The van der Waals surface area contributed by atoms with E-state index in [-0.39, 0.29) is 5.84 Å². The number of nitrogens with one attached hydrogen (secondary N) is 3. The molecule has 0 spiro atoms. The highest BCUT2D eigenvalue weighted by molar-refractivity contribution is 6.31. The lowest BCUT2D eigenvalue weighted by Crippen LogP contribution is -2.50. The first-order chi connectivity index (χ1) is 8.80. The number of ether oxygens (including phenoxy) is 1. The number of halogens is 2. The summed E-state index contributed by atoms with van der Waals surface area (Å²) in [5.74, 6) is 0.172. The highest BCUT2D eigenvalue weighted by Gasteiger charge is 2.18. The zero-order chi connectivity index (χ0) is 14.9. The van der Waals surface area contributed by atoms with Crippen molar-refractivity contribution >= 4 is 35.1 Å². The monoisotopic (exact) mass is 312 g/mol. The van der Waals surface area contributed by atoms with Crippen LogP contribution >= 0.6 is 23.2 Å². The van der Waals surface area contributed by atoms with Crippen LogP contribution in [0.1, 0.15) is 20.8 Å². The van der Waals surface area contributed by atoms with Crippen LogP contribution in [0.25, 0.3) is 0 Å². The molecule has 0 aromatic rings. The fourth-order valence-electron chi connectivity index (χ4n) is 0.848. The Bertz CT molecular complexity index is 342. The molecule has 0 radical (unpaired) electrons. The lowest BCUT2D eigenvalue weighted by molar-refractivity contribution is 0.0510. The minimum absolute atomic E-state index is 0.172. The molecule has 0 rings (SSSR count). The van der Waals surface area contributed by atoms with Crippen LogP contribution in [0.3, 0.4) is 0 Å². The first kappa shape index (κ1) is 18.0. The van der Waals surface area contributed by atoms with Gasteiger partial charge in [0.15, 0.2) is 11.3 Å². The van der Waals surface area contributed by atoms with Gasteiger partial charge in [0, 0.05) is 11.7 Å². The van der Waals surface area contributed by atoms with E-state index in [2.05, 4.69) is 26.2 Å². The van der Waals surface area contributed by atoms with Gasteiger partial charge in [0.1, 0.15) is 5.60 Å². The van der Waals surface area contributed by atoms with Crippen molar-refractivity contribution in [1.29, 1.82) is 0 Å². The van der Waals surface area contributed by atoms with Crippen LogP contribution in [0.4, 0.5) is 4.79 Å². The molecule has 0 aromatic heterocycles. The summed E-state index contributed by atoms with van der Waals surface area (Å²) in [6, 6.07) is 0. The van der Waals surface area contributed by atoms with E-state index in [0.717, 1.165) is 0 Å². The Morgan fingerprint density at radius 2 is 2.00 bits per heavy atom. The van der Waals surface area contributed by atoms with Gasteiger partial charge in [-0.2, -0.15) is 5.48 Å². The van der Waals surface area contributed by atoms with Crippen molar-refractivity contribution in [3.63, 3.8) is 0 Å². The smallest absolute Gasteiger partial charge is 0.426 e. The number of rotatable bonds is 4. The highest BCUT2D eigenvalue weighted by atomic mass is 35.5. The molecule has 0 aliphatic carbocycles. The number of hydrazine groups is 1. The lowest BCUT2D eigenvalue weighted by Gasteiger charge is -2.21. The summed E-state index contributed by atoms with van der Waals surface area (Å²) >= 11 is 11.3. The van der Waals surface area contributed by atoms with Crippen molar-refractivity contribution in [3.05, 3.63) is 11.7 Å². The Kier molecular flexibility index (Phi) is 8.49. The largest absolute Gasteiger partial charge is 0.443 e. The van der Waals surface area contributed by atoms with Crippen molar-refractivity contribution in [1.82, 2.24) is 16.3 Å². The molecule has 110 valence electrons. The van der Waals surface area contributed by atoms with Crippen molar-refractivity contribution in [2.75, 3.05) is 7.11 Å². The summed E-state index contributed by atoms with van der Waals surface area (Å²) < 4.78 is 5.03. The Balaban J connectivity index is 4.46. The van der Waals surface area contributed by atoms with E-state index in [0.29, 0.717) is 0 Å². The first-order valence-electron chi connectivity index (χ1n) is 5.30. The summed E-state index contributed by atoms with van der Waals surface area (Å²) in [7, 11) is 1.39. The molecule has 0 aliphatic heterocycles. The fourth-order valence-corrected chi connectivity index (χ4v) is 1.10. The van der Waals surface area contributed by atoms with Gasteiger partial charge in [0.05, 0.1) is 7.11 Å². The molecule has 0 heterocycles. The van der Waals surface area contributed by atoms with Gasteiger partial charge in [-0.15, -0.1) is 0 Å². The molecule has 0 fully saturated rings. The topological polar surface area (TPSA) is 84.0 Å². The molecule has 1 amide bonds. The van der Waals surface area contributed by atoms with Gasteiger partial charge in [-0.05, 0) is 20.8 Å². The van der Waals surface area contributed by atoms with E-state index in [1.54, 1.807) is 20.8 Å². The number of nitrogens with zero attached hydrogens (tertiary/aromatic N) is 1. The third-order valence-electron chi connectivity index (χ3n) is 1.42. The maximum Gasteiger partial charge on any atom is 0.426 e. The van der Waals surface area contributed by atoms with Gasteiger partial charge < -0.3 is 9.57 Å². The van der Waals surface area contributed by atoms with Crippen LogP contribution in [0, 0.1) is 0 Å². The average Bonchev–Trinajstić information content (AvgIpc) is 2.27. The van der Waals surface area contributed by atoms with Gasteiger partial charge in [-0.25, -0.2) is 15.2 Å². The molecule has 7 nitrogen and oxygen atoms in total. The number of hydrogen-bond donors (Lipinski definition) is 3. The van der Waals surface area contributed by atoms with Gasteiger partial charge >= 0.3 is 6.09 Å². The third kappa shape index (κ3) is 9.54. The number of hydroxylamine groups is 1. The second kappa shape index (κ2) is 8.98. The number of amidine groups is 1. The molecule has 0 saturated heterocycles. The van der Waals surface area contributed by atoms with Gasteiger partial charge in [-0.1, -0.05) is 23.2 Å². The molecule has 0 saturated carbocycles. The first-order valence-corrected chi connectivity index (χ1v) is 6.18. The highest BCUT2D eigenvalue weighted by Crippen LogP contribution is 2.06. The van der Waals surface area contributed by atoms with E-state index in [9.17, 15) is 4.79 Å². The average molecular weight is 313 g/mol. The quantitative estimate of drug-likeness (QED) is 0.242. The summed E-state index contributed by atoms with van der Waals surface area (Å²) in [6.45, 7) is 5.23. The minimum Gasteiger partial charge on any atom is -0.443 e. The molecule has 0 aliphatic rings. The van der Waals surface area contributed by atoms with E-state index in [1.807, 2.05) is 0 Å². The zero-order valence-electron chi connectivity index (χ0n) is 11.2. The summed E-state index contributed by atoms with van der Waals surface area (Å²) in [5, 5.41) is 0. The number of carbonyl (C=O) groups is 1. The molecule has 19 heavy (non-hydrogen) atoms. The summed E-state index contributed by atoms with van der Waals surface area (Å²) in [6.07, 6.45) is 0.615. The minimum atomic E-state index is -0.812. The molecule has 0 unspecified atom stereocenters. The second-order valence-corrected chi connectivity index (χ2v) is 4.91. The van der Waals surface area contributed by atoms with Crippen LogP contribution in [0.2, 0.25) is 0 Å². The number of alkyl halides is 1. The van der Waals surface area contributed by atoms with Crippen molar-refractivity contribution in [2.24, 2.45) is 4.99 Å². The maximum atomic E-state index is 11.4. The molecule has 1 atom stereocenters. The Morgan fingerprint density at radius 3 is 2.47 bits per heavy atom. The maximum absolute atomic E-state index is 11.4. The molecule has 3 N–H and O–H groups in total. The molecular weight excluding hydrogens is 295 g/mol. The van der Waals surface area contributed by atoms with Crippen LogP contribution < -0.4 is 16.3 Å². The predicted molar refractivity (Wildman–Crippen MR) is 74.7 cm³/mol. The van der Waals surface area contributed by atoms with Crippen molar-refractivity contribution in [3.8, 4) is 0 Å². The molecule has 9 heteroatoms. The number of aliphatic imine (C=N–C) groups is 1. The zero-order valence-corrected chi connectivity index (χ0v) is 12.7. The summed E-state index contributed by atoms with van der Waals surface area (Å²) in [5.41, 5.74) is 6.99. The van der Waals surface area contributed by atoms with E-state index < -0.39 is 17.2 Å². The van der Waals surface area contributed by atoms with E-state index in [4.69, 9.17) is 27.9 Å². The predicted octanol–water partition coefficient (Wildman–Crippen LogP) is 1.84. The second-order valence-electron chi connectivity index (χ2n) is 4.23. The number of hydrogen-bond acceptors (Lipinski definition) is 5. The van der Waals surface area contributed by atoms with Crippen LogP contribution in [0.15, 0.2) is 16.7 Å². The van der Waals surface area contributed by atoms with Gasteiger partial charge in [0.2, 0.25) is 0 Å². The van der Waals surface area contributed by atoms with Gasteiger partial charge in [0.25, 0.3) is 0 Å². The Morgan fingerprint density at radius 1 is 1.37 bits per heavy atom. The Hall–Kier alpha value is -1.02. The lowest BCUT2D eigenvalue weighted by atomic mass is 10.2.